The monoisotopic (exact) mass is 268 g/mol. The van der Waals surface area contributed by atoms with E-state index in [1.807, 2.05) is 20.8 Å². The van der Waals surface area contributed by atoms with Crippen LogP contribution in [0.3, 0.4) is 0 Å². The number of ether oxygens (including phenoxy) is 1. The maximum Gasteiger partial charge on any atom is 0.302 e. The number of halogens is 1. The van der Waals surface area contributed by atoms with Crippen LogP contribution in [0, 0.1) is 5.41 Å². The zero-order valence-corrected chi connectivity index (χ0v) is 11.8. The van der Waals surface area contributed by atoms with Crippen molar-refractivity contribution in [1.29, 1.82) is 0 Å². The van der Waals surface area contributed by atoms with Gasteiger partial charge in [-0.3, -0.25) is 9.59 Å². The Bertz CT molecular complexity index is 472. The second kappa shape index (κ2) is 5.53. The molecule has 0 spiro atoms. The molecule has 0 radical (unpaired) electrons. The number of esters is 1. The summed E-state index contributed by atoms with van der Waals surface area (Å²) in [4.78, 5) is 22.8. The van der Waals surface area contributed by atoms with Crippen LogP contribution in [-0.2, 0) is 16.1 Å². The molecule has 0 amide bonds. The van der Waals surface area contributed by atoms with Gasteiger partial charge in [-0.05, 0) is 6.07 Å². The van der Waals surface area contributed by atoms with Crippen molar-refractivity contribution in [3.63, 3.8) is 0 Å². The summed E-state index contributed by atoms with van der Waals surface area (Å²) in [5, 5.41) is 0.436. The lowest BCUT2D eigenvalue weighted by atomic mass is 9.86. The molecule has 0 aromatic heterocycles. The van der Waals surface area contributed by atoms with Crippen LogP contribution >= 0.6 is 11.6 Å². The topological polar surface area (TPSA) is 43.4 Å². The summed E-state index contributed by atoms with van der Waals surface area (Å²) in [6, 6.07) is 5.04. The van der Waals surface area contributed by atoms with Crippen LogP contribution in [0.25, 0.3) is 0 Å². The van der Waals surface area contributed by atoms with E-state index in [1.54, 1.807) is 18.2 Å². The fourth-order valence-corrected chi connectivity index (χ4v) is 1.65. The molecule has 1 aromatic rings. The van der Waals surface area contributed by atoms with Crippen molar-refractivity contribution in [2.75, 3.05) is 0 Å². The molecule has 0 N–H and O–H groups in total. The van der Waals surface area contributed by atoms with Gasteiger partial charge in [-0.1, -0.05) is 44.5 Å². The number of ketones is 1. The normalized spacial score (nSPS) is 11.2. The summed E-state index contributed by atoms with van der Waals surface area (Å²) in [6.07, 6.45) is 0. The van der Waals surface area contributed by atoms with Gasteiger partial charge in [0.25, 0.3) is 0 Å². The van der Waals surface area contributed by atoms with Crippen LogP contribution in [0.2, 0.25) is 5.02 Å². The van der Waals surface area contributed by atoms with Gasteiger partial charge in [0.05, 0.1) is 0 Å². The Balaban J connectivity index is 2.92. The molecule has 0 bridgehead atoms. The molecule has 3 nitrogen and oxygen atoms in total. The molecule has 0 unspecified atom stereocenters. The van der Waals surface area contributed by atoms with Gasteiger partial charge >= 0.3 is 5.97 Å². The lowest BCUT2D eigenvalue weighted by Gasteiger charge is -2.17. The van der Waals surface area contributed by atoms with E-state index in [1.165, 1.54) is 6.92 Å². The van der Waals surface area contributed by atoms with Crippen molar-refractivity contribution in [2.24, 2.45) is 5.41 Å². The average Bonchev–Trinajstić information content (AvgIpc) is 2.24. The number of hydrogen-bond donors (Lipinski definition) is 0. The second-order valence-corrected chi connectivity index (χ2v) is 5.57. The zero-order valence-electron chi connectivity index (χ0n) is 11.0. The van der Waals surface area contributed by atoms with Crippen molar-refractivity contribution in [3.05, 3.63) is 34.3 Å². The Kier molecular flexibility index (Phi) is 4.52. The Morgan fingerprint density at radius 3 is 2.33 bits per heavy atom. The fraction of sp³-hybridized carbons (Fsp3) is 0.429. The van der Waals surface area contributed by atoms with Crippen molar-refractivity contribution >= 4 is 23.4 Å². The summed E-state index contributed by atoms with van der Waals surface area (Å²) in [7, 11) is 0. The van der Waals surface area contributed by atoms with Gasteiger partial charge in [0.15, 0.2) is 5.78 Å². The highest BCUT2D eigenvalue weighted by Gasteiger charge is 2.23. The molecular formula is C14H17ClO3. The first kappa shape index (κ1) is 14.7. The Morgan fingerprint density at radius 1 is 1.28 bits per heavy atom. The van der Waals surface area contributed by atoms with E-state index in [-0.39, 0.29) is 18.4 Å². The summed E-state index contributed by atoms with van der Waals surface area (Å²) in [5.74, 6) is -0.329. The lowest BCUT2D eigenvalue weighted by Crippen LogP contribution is -2.20. The number of carbonyl (C=O) groups is 2. The third-order valence-corrected chi connectivity index (χ3v) is 2.78. The summed E-state index contributed by atoms with van der Waals surface area (Å²) < 4.78 is 4.87. The molecule has 1 rings (SSSR count). The van der Waals surface area contributed by atoms with Crippen molar-refractivity contribution in [1.82, 2.24) is 0 Å². The first-order chi connectivity index (χ1) is 8.21. The molecule has 0 atom stereocenters. The van der Waals surface area contributed by atoms with Gasteiger partial charge in [-0.25, -0.2) is 0 Å². The average molecular weight is 269 g/mol. The van der Waals surface area contributed by atoms with E-state index in [2.05, 4.69) is 0 Å². The van der Waals surface area contributed by atoms with Crippen LogP contribution in [0.4, 0.5) is 0 Å². The number of Topliss-reactive ketones (excluding diaryl/α,β-unsaturated/α-hetero) is 1. The van der Waals surface area contributed by atoms with E-state index < -0.39 is 5.41 Å². The molecule has 98 valence electrons. The van der Waals surface area contributed by atoms with Crippen molar-refractivity contribution in [3.8, 4) is 0 Å². The predicted octanol–water partition coefficient (Wildman–Crippen LogP) is 3.63. The highest BCUT2D eigenvalue weighted by molar-refractivity contribution is 6.31. The predicted molar refractivity (Wildman–Crippen MR) is 70.7 cm³/mol. The Labute approximate surface area is 112 Å². The zero-order chi connectivity index (χ0) is 13.9. The van der Waals surface area contributed by atoms with Gasteiger partial charge in [0, 0.05) is 28.5 Å². The van der Waals surface area contributed by atoms with Crippen molar-refractivity contribution in [2.45, 2.75) is 34.3 Å². The molecule has 0 aliphatic rings. The molecule has 18 heavy (non-hydrogen) atoms. The van der Waals surface area contributed by atoms with E-state index in [0.29, 0.717) is 16.1 Å². The summed E-state index contributed by atoms with van der Waals surface area (Å²) in [5.41, 5.74) is 0.817. The molecule has 0 saturated carbocycles. The van der Waals surface area contributed by atoms with E-state index in [9.17, 15) is 9.59 Å². The number of rotatable bonds is 3. The maximum absolute atomic E-state index is 12.1. The Hall–Kier alpha value is -1.35. The van der Waals surface area contributed by atoms with Crippen molar-refractivity contribution < 1.29 is 14.3 Å². The fourth-order valence-electron chi connectivity index (χ4n) is 1.42. The molecule has 0 saturated heterocycles. The van der Waals surface area contributed by atoms with Crippen LogP contribution < -0.4 is 0 Å². The minimum atomic E-state index is -0.444. The van der Waals surface area contributed by atoms with Gasteiger partial charge in [-0.2, -0.15) is 0 Å². The summed E-state index contributed by atoms with van der Waals surface area (Å²) >= 11 is 6.06. The number of hydrogen-bond acceptors (Lipinski definition) is 3. The second-order valence-electron chi connectivity index (χ2n) is 5.17. The highest BCUT2D eigenvalue weighted by atomic mass is 35.5. The quantitative estimate of drug-likeness (QED) is 0.621. The van der Waals surface area contributed by atoms with E-state index in [0.717, 1.165) is 0 Å². The lowest BCUT2D eigenvalue weighted by molar-refractivity contribution is -0.142. The summed E-state index contributed by atoms with van der Waals surface area (Å²) in [6.45, 7) is 7.03. The third kappa shape index (κ3) is 3.84. The molecular weight excluding hydrogens is 252 g/mol. The molecule has 0 aliphatic carbocycles. The smallest absolute Gasteiger partial charge is 0.302 e. The van der Waals surface area contributed by atoms with Crippen LogP contribution in [0.15, 0.2) is 18.2 Å². The number of carbonyl (C=O) groups excluding carboxylic acids is 2. The first-order valence-corrected chi connectivity index (χ1v) is 6.06. The largest absolute Gasteiger partial charge is 0.461 e. The molecule has 0 fully saturated rings. The van der Waals surface area contributed by atoms with Crippen LogP contribution in [-0.4, -0.2) is 11.8 Å². The maximum atomic E-state index is 12.1. The number of benzene rings is 1. The third-order valence-electron chi connectivity index (χ3n) is 2.43. The first-order valence-electron chi connectivity index (χ1n) is 5.68. The Morgan fingerprint density at radius 2 is 1.89 bits per heavy atom. The SMILES string of the molecule is CC(=O)OCc1ccc(C(=O)C(C)(C)C)cc1Cl. The van der Waals surface area contributed by atoms with Gasteiger partial charge in [0.2, 0.25) is 0 Å². The standard InChI is InChI=1S/C14H17ClO3/c1-9(16)18-8-11-6-5-10(7-12(11)15)13(17)14(2,3)4/h5-7H,8H2,1-4H3. The van der Waals surface area contributed by atoms with Gasteiger partial charge in [0.1, 0.15) is 6.61 Å². The minimum absolute atomic E-state index is 0.0310. The molecule has 0 aliphatic heterocycles. The van der Waals surface area contributed by atoms with E-state index >= 15 is 0 Å². The van der Waals surface area contributed by atoms with Crippen LogP contribution in [0.1, 0.15) is 43.6 Å². The molecule has 0 heterocycles. The minimum Gasteiger partial charge on any atom is -0.461 e. The van der Waals surface area contributed by atoms with E-state index in [4.69, 9.17) is 16.3 Å². The van der Waals surface area contributed by atoms with Gasteiger partial charge in [-0.15, -0.1) is 0 Å². The molecule has 1 aromatic carbocycles. The highest BCUT2D eigenvalue weighted by Crippen LogP contribution is 2.25. The molecule has 4 heteroatoms. The van der Waals surface area contributed by atoms with Crippen LogP contribution in [0.5, 0.6) is 0 Å². The van der Waals surface area contributed by atoms with Gasteiger partial charge < -0.3 is 4.74 Å².